The number of hydrogen-bond donors (Lipinski definition) is 1. The number of carbonyl (C=O) groups is 1. The first-order valence-electron chi connectivity index (χ1n) is 10.2. The van der Waals surface area contributed by atoms with Gasteiger partial charge in [-0.3, -0.25) is 14.9 Å². The fraction of sp³-hybridized carbons (Fsp3) is 0.130. The van der Waals surface area contributed by atoms with Crippen LogP contribution in [0.25, 0.3) is 0 Å². The first-order chi connectivity index (χ1) is 17.0. The summed E-state index contributed by atoms with van der Waals surface area (Å²) in [6, 6.07) is 14.6. The zero-order chi connectivity index (χ0) is 26.5. The zero-order valence-electron chi connectivity index (χ0n) is 18.7. The van der Waals surface area contributed by atoms with Gasteiger partial charge >= 0.3 is 0 Å². The Labute approximate surface area is 222 Å². The van der Waals surface area contributed by atoms with Gasteiger partial charge in [-0.15, -0.1) is 0 Å². The summed E-state index contributed by atoms with van der Waals surface area (Å²) in [4.78, 5) is 23.0. The van der Waals surface area contributed by atoms with E-state index >= 15 is 0 Å². The summed E-state index contributed by atoms with van der Waals surface area (Å²) in [6.07, 6.45) is 1.13. The Morgan fingerprint density at radius 1 is 1.03 bits per heavy atom. The molecule has 0 atom stereocenters. The van der Waals surface area contributed by atoms with E-state index < -0.39 is 27.4 Å². The van der Waals surface area contributed by atoms with E-state index in [2.05, 4.69) is 10.5 Å². The van der Waals surface area contributed by atoms with Crippen LogP contribution >= 0.6 is 34.8 Å². The fourth-order valence-corrected chi connectivity index (χ4v) is 4.91. The molecule has 0 aliphatic rings. The topological polar surface area (TPSA) is 122 Å². The van der Waals surface area contributed by atoms with Gasteiger partial charge in [-0.25, -0.2) is 13.8 Å². The van der Waals surface area contributed by atoms with Crippen molar-refractivity contribution in [3.63, 3.8) is 0 Å². The molecule has 0 saturated heterocycles. The molecule has 36 heavy (non-hydrogen) atoms. The van der Waals surface area contributed by atoms with Crippen LogP contribution in [-0.4, -0.2) is 36.3 Å². The summed E-state index contributed by atoms with van der Waals surface area (Å²) in [5, 5.41) is 15.4. The SMILES string of the molecule is Cc1ccc(S(=O)(=O)N(CC(=O)N/N=C\c2cc([N+](=O)[O-])ccc2Cl)Cc2ccc(Cl)c(Cl)c2)cc1. The van der Waals surface area contributed by atoms with Crippen molar-refractivity contribution in [2.45, 2.75) is 18.4 Å². The van der Waals surface area contributed by atoms with Crippen molar-refractivity contribution in [1.29, 1.82) is 0 Å². The van der Waals surface area contributed by atoms with Crippen molar-refractivity contribution in [3.05, 3.63) is 103 Å². The highest BCUT2D eigenvalue weighted by Crippen LogP contribution is 2.25. The summed E-state index contributed by atoms with van der Waals surface area (Å²) in [6.45, 7) is 1.08. The number of nitrogens with one attached hydrogen (secondary N) is 1. The summed E-state index contributed by atoms with van der Waals surface area (Å²) >= 11 is 18.0. The number of aryl methyl sites for hydroxylation is 1. The number of halogens is 3. The highest BCUT2D eigenvalue weighted by atomic mass is 35.5. The fourth-order valence-electron chi connectivity index (χ4n) is 3.04. The first kappa shape index (κ1) is 27.6. The molecular formula is C23H19Cl3N4O5S. The van der Waals surface area contributed by atoms with Gasteiger partial charge in [-0.1, -0.05) is 58.6 Å². The third-order valence-electron chi connectivity index (χ3n) is 4.90. The summed E-state index contributed by atoms with van der Waals surface area (Å²) in [5.41, 5.74) is 3.61. The molecular weight excluding hydrogens is 551 g/mol. The van der Waals surface area contributed by atoms with E-state index in [-0.39, 0.29) is 32.7 Å². The van der Waals surface area contributed by atoms with Crippen LogP contribution in [0.3, 0.4) is 0 Å². The van der Waals surface area contributed by atoms with Crippen LogP contribution in [0.2, 0.25) is 15.1 Å². The average molecular weight is 570 g/mol. The monoisotopic (exact) mass is 568 g/mol. The maximum atomic E-state index is 13.3. The zero-order valence-corrected chi connectivity index (χ0v) is 21.8. The van der Waals surface area contributed by atoms with Crippen molar-refractivity contribution in [2.24, 2.45) is 5.10 Å². The number of rotatable bonds is 9. The van der Waals surface area contributed by atoms with E-state index in [1.54, 1.807) is 18.2 Å². The van der Waals surface area contributed by atoms with Gasteiger partial charge in [0.25, 0.3) is 11.6 Å². The quantitative estimate of drug-likeness (QED) is 0.215. The Hall–Kier alpha value is -3.02. The van der Waals surface area contributed by atoms with Crippen molar-refractivity contribution in [1.82, 2.24) is 9.73 Å². The third-order valence-corrected chi connectivity index (χ3v) is 7.79. The number of non-ortho nitro benzene ring substituents is 1. The van der Waals surface area contributed by atoms with Crippen LogP contribution in [0.1, 0.15) is 16.7 Å². The number of hydrazone groups is 1. The molecule has 0 aliphatic heterocycles. The molecule has 3 aromatic carbocycles. The van der Waals surface area contributed by atoms with E-state index in [4.69, 9.17) is 34.8 Å². The van der Waals surface area contributed by atoms with Crippen molar-refractivity contribution in [3.8, 4) is 0 Å². The molecule has 0 saturated carbocycles. The number of hydrogen-bond acceptors (Lipinski definition) is 6. The minimum absolute atomic E-state index is 0.00726. The van der Waals surface area contributed by atoms with Gasteiger partial charge in [0.1, 0.15) is 0 Å². The summed E-state index contributed by atoms with van der Waals surface area (Å²) in [7, 11) is -4.08. The largest absolute Gasteiger partial charge is 0.272 e. The number of sulfonamides is 1. The van der Waals surface area contributed by atoms with Crippen LogP contribution in [0.15, 0.2) is 70.7 Å². The molecule has 1 amide bonds. The Morgan fingerprint density at radius 3 is 2.33 bits per heavy atom. The lowest BCUT2D eigenvalue weighted by Crippen LogP contribution is -2.39. The van der Waals surface area contributed by atoms with Crippen LogP contribution in [-0.2, 0) is 21.4 Å². The van der Waals surface area contributed by atoms with Gasteiger partial charge in [-0.2, -0.15) is 9.41 Å². The molecule has 0 aliphatic carbocycles. The molecule has 1 N–H and O–H groups in total. The molecule has 9 nitrogen and oxygen atoms in total. The molecule has 0 bridgehead atoms. The Balaban J connectivity index is 1.83. The third kappa shape index (κ3) is 7.02. The minimum Gasteiger partial charge on any atom is -0.272 e. The van der Waals surface area contributed by atoms with E-state index in [0.29, 0.717) is 10.6 Å². The van der Waals surface area contributed by atoms with E-state index in [0.717, 1.165) is 16.1 Å². The van der Waals surface area contributed by atoms with Crippen LogP contribution in [0, 0.1) is 17.0 Å². The number of nitro groups is 1. The van der Waals surface area contributed by atoms with Crippen molar-refractivity contribution in [2.75, 3.05) is 6.54 Å². The Kier molecular flexibility index (Phi) is 9.04. The second-order valence-corrected chi connectivity index (χ2v) is 10.8. The van der Waals surface area contributed by atoms with Gasteiger partial charge in [0.2, 0.25) is 10.0 Å². The molecule has 3 rings (SSSR count). The average Bonchev–Trinajstić information content (AvgIpc) is 2.82. The standard InChI is InChI=1S/C23H19Cl3N4O5S/c1-15-2-6-19(7-3-15)36(34,35)29(13-16-4-8-21(25)22(26)10-16)14-23(31)28-27-12-17-11-18(30(32)33)5-9-20(17)24/h2-12H,13-14H2,1H3,(H,28,31)/b27-12-. The number of nitro benzene ring substituents is 1. The number of amides is 1. The highest BCUT2D eigenvalue weighted by molar-refractivity contribution is 7.89. The van der Waals surface area contributed by atoms with Gasteiger partial charge in [-0.05, 0) is 42.8 Å². The first-order valence-corrected chi connectivity index (χ1v) is 12.8. The molecule has 3 aromatic rings. The predicted molar refractivity (Wildman–Crippen MR) is 139 cm³/mol. The Bertz CT molecular complexity index is 1430. The number of benzene rings is 3. The molecule has 0 unspecified atom stereocenters. The van der Waals surface area contributed by atoms with Crippen LogP contribution < -0.4 is 5.43 Å². The molecule has 0 spiro atoms. The van der Waals surface area contributed by atoms with Crippen molar-refractivity contribution >= 4 is 62.6 Å². The second kappa shape index (κ2) is 11.8. The summed E-state index contributed by atoms with van der Waals surface area (Å²) < 4.78 is 27.7. The van der Waals surface area contributed by atoms with Crippen molar-refractivity contribution < 1.29 is 18.1 Å². The van der Waals surface area contributed by atoms with Gasteiger partial charge in [0.15, 0.2) is 0 Å². The van der Waals surface area contributed by atoms with E-state index in [9.17, 15) is 23.3 Å². The lowest BCUT2D eigenvalue weighted by atomic mass is 10.2. The molecule has 0 radical (unpaired) electrons. The maximum absolute atomic E-state index is 13.3. The predicted octanol–water partition coefficient (Wildman–Crippen LogP) is 5.20. The molecule has 188 valence electrons. The number of carbonyl (C=O) groups excluding carboxylic acids is 1. The number of nitrogens with zero attached hydrogens (tertiary/aromatic N) is 3. The van der Waals surface area contributed by atoms with Gasteiger partial charge < -0.3 is 0 Å². The Morgan fingerprint density at radius 2 is 1.69 bits per heavy atom. The summed E-state index contributed by atoms with van der Waals surface area (Å²) in [5.74, 6) is -0.747. The molecule has 0 fully saturated rings. The van der Waals surface area contributed by atoms with Crippen LogP contribution in [0.5, 0.6) is 0 Å². The molecule has 0 aromatic heterocycles. The van der Waals surface area contributed by atoms with Gasteiger partial charge in [0.05, 0.1) is 32.6 Å². The van der Waals surface area contributed by atoms with E-state index in [1.807, 2.05) is 6.92 Å². The molecule has 0 heterocycles. The lowest BCUT2D eigenvalue weighted by molar-refractivity contribution is -0.384. The smallest absolute Gasteiger partial charge is 0.270 e. The molecule has 13 heteroatoms. The maximum Gasteiger partial charge on any atom is 0.270 e. The normalized spacial score (nSPS) is 11.7. The van der Waals surface area contributed by atoms with E-state index in [1.165, 1.54) is 42.5 Å². The minimum atomic E-state index is -4.08. The van der Waals surface area contributed by atoms with Crippen LogP contribution in [0.4, 0.5) is 5.69 Å². The van der Waals surface area contributed by atoms with Gasteiger partial charge in [0, 0.05) is 29.3 Å². The lowest BCUT2D eigenvalue weighted by Gasteiger charge is -2.22. The second-order valence-electron chi connectivity index (χ2n) is 7.59. The highest BCUT2D eigenvalue weighted by Gasteiger charge is 2.27.